The summed E-state index contributed by atoms with van der Waals surface area (Å²) in [6, 6.07) is 22.9. The average Bonchev–Trinajstić information content (AvgIpc) is 3.37. The first-order valence-corrected chi connectivity index (χ1v) is 13.2. The van der Waals surface area contributed by atoms with E-state index in [9.17, 15) is 9.59 Å². The fraction of sp³-hybridized carbons (Fsp3) is 0.267. The maximum atomic E-state index is 13.9. The monoisotopic (exact) mass is 543 g/mol. The number of carbonyl (C=O) groups excluding carboxylic acids is 2. The molecular weight excluding hydrogens is 514 g/mol. The van der Waals surface area contributed by atoms with Crippen molar-refractivity contribution in [3.8, 4) is 0 Å². The number of halogens is 1. The Morgan fingerprint density at radius 3 is 2.56 bits per heavy atom. The quantitative estimate of drug-likeness (QED) is 0.301. The number of rotatable bonds is 7. The molecule has 36 heavy (non-hydrogen) atoms. The Hall–Kier alpha value is -3.38. The maximum Gasteiger partial charge on any atom is 0.255 e. The van der Waals surface area contributed by atoms with E-state index in [1.165, 1.54) is 0 Å². The van der Waals surface area contributed by atoms with Gasteiger partial charge in [-0.3, -0.25) is 9.59 Å². The molecule has 0 fully saturated rings. The molecule has 4 aromatic rings. The summed E-state index contributed by atoms with van der Waals surface area (Å²) in [5.41, 5.74) is 4.76. The summed E-state index contributed by atoms with van der Waals surface area (Å²) < 4.78 is 3.06. The molecule has 0 aliphatic carbocycles. The molecule has 6 heteroatoms. The number of nitrogens with one attached hydrogen (secondary N) is 1. The highest BCUT2D eigenvalue weighted by atomic mass is 79.9. The van der Waals surface area contributed by atoms with Crippen LogP contribution in [0.25, 0.3) is 10.9 Å². The van der Waals surface area contributed by atoms with Gasteiger partial charge in [0.2, 0.25) is 5.91 Å². The molecule has 3 atom stereocenters. The van der Waals surface area contributed by atoms with Gasteiger partial charge in [0.25, 0.3) is 5.91 Å². The highest BCUT2D eigenvalue weighted by Crippen LogP contribution is 2.44. The molecule has 3 aromatic carbocycles. The largest absolute Gasteiger partial charge is 0.350 e. The maximum absolute atomic E-state index is 13.9. The van der Waals surface area contributed by atoms with Gasteiger partial charge < -0.3 is 14.8 Å². The molecule has 1 aliphatic rings. The van der Waals surface area contributed by atoms with Crippen LogP contribution in [-0.4, -0.2) is 27.3 Å². The smallest absolute Gasteiger partial charge is 0.255 e. The number of hydrogen-bond donors (Lipinski definition) is 1. The van der Waals surface area contributed by atoms with Crippen molar-refractivity contribution in [3.63, 3.8) is 0 Å². The number of hydrogen-bond acceptors (Lipinski definition) is 2. The molecule has 0 saturated carbocycles. The van der Waals surface area contributed by atoms with Gasteiger partial charge in [-0.15, -0.1) is 0 Å². The molecule has 2 amide bonds. The van der Waals surface area contributed by atoms with Crippen molar-refractivity contribution >= 4 is 38.6 Å². The van der Waals surface area contributed by atoms with E-state index in [1.54, 1.807) is 0 Å². The molecule has 184 valence electrons. The first-order chi connectivity index (χ1) is 17.4. The van der Waals surface area contributed by atoms with Crippen molar-refractivity contribution in [1.29, 1.82) is 0 Å². The van der Waals surface area contributed by atoms with Gasteiger partial charge in [-0.05, 0) is 41.3 Å². The minimum atomic E-state index is -0.606. The van der Waals surface area contributed by atoms with Crippen LogP contribution in [0.3, 0.4) is 0 Å². The van der Waals surface area contributed by atoms with Crippen LogP contribution in [0.2, 0.25) is 0 Å². The van der Waals surface area contributed by atoms with Crippen LogP contribution >= 0.6 is 15.9 Å². The minimum Gasteiger partial charge on any atom is -0.350 e. The number of nitrogens with zero attached hydrogens (tertiary/aromatic N) is 2. The van der Waals surface area contributed by atoms with Gasteiger partial charge in [-0.25, -0.2) is 0 Å². The summed E-state index contributed by atoms with van der Waals surface area (Å²) in [5.74, 6) is -0.245. The van der Waals surface area contributed by atoms with E-state index in [-0.39, 0.29) is 23.8 Å². The lowest BCUT2D eigenvalue weighted by Gasteiger charge is -2.36. The molecule has 0 bridgehead atoms. The van der Waals surface area contributed by atoms with Gasteiger partial charge in [0, 0.05) is 46.3 Å². The van der Waals surface area contributed by atoms with Crippen LogP contribution < -0.4 is 5.32 Å². The first kappa shape index (κ1) is 24.3. The zero-order chi connectivity index (χ0) is 25.4. The Morgan fingerprint density at radius 1 is 1.03 bits per heavy atom. The summed E-state index contributed by atoms with van der Waals surface area (Å²) in [6.07, 6.45) is 2.88. The van der Waals surface area contributed by atoms with Crippen LogP contribution in [-0.2, 0) is 18.4 Å². The molecule has 2 heterocycles. The van der Waals surface area contributed by atoms with Crippen LogP contribution in [0.5, 0.6) is 0 Å². The summed E-state index contributed by atoms with van der Waals surface area (Å²) in [7, 11) is 2.02. The van der Waals surface area contributed by atoms with E-state index in [2.05, 4.69) is 58.0 Å². The molecule has 1 aromatic heterocycles. The molecule has 5 nitrogen and oxygen atoms in total. The summed E-state index contributed by atoms with van der Waals surface area (Å²) in [5, 5.41) is 4.22. The molecule has 3 unspecified atom stereocenters. The Kier molecular flexibility index (Phi) is 6.71. The Labute approximate surface area is 220 Å². The standard InChI is InChI=1S/C30H30BrN3O2/c1-4-19(2)27(29(35)32-17-20-10-9-11-21(31)16-20)34-28(23-13-5-6-14-24(23)30(34)36)25-18-33(3)26-15-8-7-12-22(25)26/h5-16,18-19,27-28H,4,17H2,1-3H3,(H,32,35). The highest BCUT2D eigenvalue weighted by molar-refractivity contribution is 9.10. The number of aryl methyl sites for hydroxylation is 1. The molecule has 0 spiro atoms. The Balaban J connectivity index is 1.58. The summed E-state index contributed by atoms with van der Waals surface area (Å²) >= 11 is 3.50. The fourth-order valence-corrected chi connectivity index (χ4v) is 5.80. The Morgan fingerprint density at radius 2 is 1.78 bits per heavy atom. The third-order valence-electron chi connectivity index (χ3n) is 7.33. The normalized spacial score (nSPS) is 16.7. The number of para-hydroxylation sites is 1. The van der Waals surface area contributed by atoms with Gasteiger partial charge >= 0.3 is 0 Å². The highest BCUT2D eigenvalue weighted by Gasteiger charge is 2.46. The second kappa shape index (κ2) is 9.94. The van der Waals surface area contributed by atoms with Crippen molar-refractivity contribution in [2.45, 2.75) is 38.9 Å². The van der Waals surface area contributed by atoms with Gasteiger partial charge in [0.1, 0.15) is 6.04 Å². The van der Waals surface area contributed by atoms with Crippen molar-refractivity contribution in [2.75, 3.05) is 0 Å². The molecule has 5 rings (SSSR count). The summed E-state index contributed by atoms with van der Waals surface area (Å²) in [6.45, 7) is 4.53. The van der Waals surface area contributed by atoms with Gasteiger partial charge in [-0.2, -0.15) is 0 Å². The van der Waals surface area contributed by atoms with Crippen LogP contribution in [0.1, 0.15) is 53.4 Å². The number of amides is 2. The molecule has 1 aliphatic heterocycles. The zero-order valence-corrected chi connectivity index (χ0v) is 22.3. The van der Waals surface area contributed by atoms with Gasteiger partial charge in [0.15, 0.2) is 0 Å². The predicted molar refractivity (Wildman–Crippen MR) is 147 cm³/mol. The second-order valence-electron chi connectivity index (χ2n) is 9.59. The predicted octanol–water partition coefficient (Wildman–Crippen LogP) is 6.22. The minimum absolute atomic E-state index is 0.0248. The van der Waals surface area contributed by atoms with E-state index in [4.69, 9.17) is 0 Å². The molecule has 0 radical (unpaired) electrons. The molecular formula is C30H30BrN3O2. The van der Waals surface area contributed by atoms with Gasteiger partial charge in [-0.1, -0.05) is 84.7 Å². The topological polar surface area (TPSA) is 54.3 Å². The molecule has 1 N–H and O–H groups in total. The number of benzene rings is 3. The third-order valence-corrected chi connectivity index (χ3v) is 7.82. The molecule has 0 saturated heterocycles. The number of carbonyl (C=O) groups is 2. The van der Waals surface area contributed by atoms with E-state index >= 15 is 0 Å². The van der Waals surface area contributed by atoms with E-state index in [0.29, 0.717) is 12.1 Å². The van der Waals surface area contributed by atoms with Crippen LogP contribution in [0.15, 0.2) is 83.5 Å². The number of aromatic nitrogens is 1. The van der Waals surface area contributed by atoms with Crippen LogP contribution in [0.4, 0.5) is 0 Å². The SMILES string of the molecule is CCC(C)C(C(=O)NCc1cccc(Br)c1)N1C(=O)c2ccccc2C1c1cn(C)c2ccccc12. The van der Waals surface area contributed by atoms with E-state index in [1.807, 2.05) is 72.6 Å². The van der Waals surface area contributed by atoms with Crippen molar-refractivity contribution in [1.82, 2.24) is 14.8 Å². The first-order valence-electron chi connectivity index (χ1n) is 12.4. The lowest BCUT2D eigenvalue weighted by Crippen LogP contribution is -2.51. The van der Waals surface area contributed by atoms with Crippen molar-refractivity contribution in [2.24, 2.45) is 13.0 Å². The van der Waals surface area contributed by atoms with Crippen LogP contribution in [0, 0.1) is 5.92 Å². The van der Waals surface area contributed by atoms with E-state index in [0.717, 1.165) is 38.5 Å². The third kappa shape index (κ3) is 4.24. The average molecular weight is 544 g/mol. The zero-order valence-electron chi connectivity index (χ0n) is 20.7. The Bertz CT molecular complexity index is 1440. The van der Waals surface area contributed by atoms with Gasteiger partial charge in [0.05, 0.1) is 6.04 Å². The fourth-order valence-electron chi connectivity index (χ4n) is 5.35. The lowest BCUT2D eigenvalue weighted by atomic mass is 9.92. The number of fused-ring (bicyclic) bond motifs is 2. The lowest BCUT2D eigenvalue weighted by molar-refractivity contribution is -0.128. The van der Waals surface area contributed by atoms with Crippen molar-refractivity contribution in [3.05, 3.63) is 106 Å². The van der Waals surface area contributed by atoms with Crippen molar-refractivity contribution < 1.29 is 9.59 Å². The second-order valence-corrected chi connectivity index (χ2v) is 10.5. The summed E-state index contributed by atoms with van der Waals surface area (Å²) in [4.78, 5) is 29.6. The van der Waals surface area contributed by atoms with E-state index < -0.39 is 6.04 Å².